The third kappa shape index (κ3) is 5.63. The van der Waals surface area contributed by atoms with E-state index in [9.17, 15) is 4.79 Å². The van der Waals surface area contributed by atoms with Gasteiger partial charge in [0.05, 0.1) is 25.3 Å². The van der Waals surface area contributed by atoms with Gasteiger partial charge in [0.2, 0.25) is 5.91 Å². The zero-order valence-electron chi connectivity index (χ0n) is 13.2. The first-order valence-electron chi connectivity index (χ1n) is 7.35. The first-order valence-corrected chi connectivity index (χ1v) is 7.35. The summed E-state index contributed by atoms with van der Waals surface area (Å²) in [6, 6.07) is 7.49. The van der Waals surface area contributed by atoms with Crippen LogP contribution in [-0.2, 0) is 9.53 Å². The number of benzene rings is 1. The Morgan fingerprint density at radius 2 is 2.05 bits per heavy atom. The van der Waals surface area contributed by atoms with Crippen LogP contribution in [0, 0.1) is 0 Å². The van der Waals surface area contributed by atoms with E-state index in [4.69, 9.17) is 15.2 Å². The molecule has 0 aromatic heterocycles. The van der Waals surface area contributed by atoms with Crippen molar-refractivity contribution in [2.75, 3.05) is 32.6 Å². The maximum atomic E-state index is 12.3. The number of rotatable bonds is 9. The number of carbonyl (C=O) groups excluding carboxylic acids is 1. The van der Waals surface area contributed by atoms with E-state index in [0.29, 0.717) is 37.6 Å². The molecule has 2 N–H and O–H groups in total. The van der Waals surface area contributed by atoms with Crippen molar-refractivity contribution in [1.29, 1.82) is 0 Å². The van der Waals surface area contributed by atoms with E-state index in [1.165, 1.54) is 0 Å². The van der Waals surface area contributed by atoms with E-state index in [1.807, 2.05) is 24.0 Å². The molecular formula is C16H26N2O3. The minimum atomic E-state index is 0.0795. The number of nitrogens with two attached hydrogens (primary N) is 1. The predicted molar refractivity (Wildman–Crippen MR) is 84.3 cm³/mol. The molecule has 0 saturated carbocycles. The summed E-state index contributed by atoms with van der Waals surface area (Å²) in [5.74, 6) is 0.702. The second-order valence-electron chi connectivity index (χ2n) is 4.97. The fourth-order valence-electron chi connectivity index (χ4n) is 2.00. The summed E-state index contributed by atoms with van der Waals surface area (Å²) in [4.78, 5) is 14.1. The Labute approximate surface area is 127 Å². The molecule has 1 rings (SSSR count). The summed E-state index contributed by atoms with van der Waals surface area (Å²) >= 11 is 0. The number of methoxy groups -OCH3 is 1. The van der Waals surface area contributed by atoms with Crippen molar-refractivity contribution in [3.63, 3.8) is 0 Å². The highest BCUT2D eigenvalue weighted by atomic mass is 16.5. The molecule has 0 heterocycles. The second kappa shape index (κ2) is 9.23. The van der Waals surface area contributed by atoms with Crippen molar-refractivity contribution in [2.45, 2.75) is 32.7 Å². The van der Waals surface area contributed by atoms with Gasteiger partial charge in [-0.15, -0.1) is 0 Å². The van der Waals surface area contributed by atoms with Crippen LogP contribution in [0.4, 0.5) is 5.69 Å². The van der Waals surface area contributed by atoms with Gasteiger partial charge in [-0.2, -0.15) is 0 Å². The van der Waals surface area contributed by atoms with E-state index < -0.39 is 0 Å². The molecule has 1 amide bonds. The molecule has 21 heavy (non-hydrogen) atoms. The molecule has 0 spiro atoms. The van der Waals surface area contributed by atoms with Crippen LogP contribution >= 0.6 is 0 Å². The highest BCUT2D eigenvalue weighted by Crippen LogP contribution is 2.19. The van der Waals surface area contributed by atoms with E-state index in [2.05, 4.69) is 6.92 Å². The maximum absolute atomic E-state index is 12.3. The SMILES string of the molecule is CCC(C)N(CCOC)C(=O)CCOc1ccccc1N. The molecule has 118 valence electrons. The molecule has 0 saturated heterocycles. The molecule has 0 radical (unpaired) electrons. The van der Waals surface area contributed by atoms with Crippen molar-refractivity contribution in [2.24, 2.45) is 0 Å². The molecule has 0 aliphatic rings. The van der Waals surface area contributed by atoms with Crippen molar-refractivity contribution in [1.82, 2.24) is 4.90 Å². The Morgan fingerprint density at radius 3 is 2.67 bits per heavy atom. The first-order chi connectivity index (χ1) is 10.1. The Hall–Kier alpha value is -1.75. The number of nitrogen functional groups attached to an aromatic ring is 1. The van der Waals surface area contributed by atoms with E-state index >= 15 is 0 Å². The largest absolute Gasteiger partial charge is 0.491 e. The first kappa shape index (κ1) is 17.3. The van der Waals surface area contributed by atoms with Crippen molar-refractivity contribution in [3.8, 4) is 5.75 Å². The molecule has 1 aromatic rings. The fourth-order valence-corrected chi connectivity index (χ4v) is 2.00. The third-order valence-electron chi connectivity index (χ3n) is 3.47. The Morgan fingerprint density at radius 1 is 1.33 bits per heavy atom. The van der Waals surface area contributed by atoms with Gasteiger partial charge in [-0.1, -0.05) is 19.1 Å². The van der Waals surface area contributed by atoms with Gasteiger partial charge in [-0.05, 0) is 25.5 Å². The fraction of sp³-hybridized carbons (Fsp3) is 0.562. The van der Waals surface area contributed by atoms with Gasteiger partial charge in [-0.25, -0.2) is 0 Å². The molecule has 0 fully saturated rings. The molecule has 0 bridgehead atoms. The Balaban J connectivity index is 2.48. The van der Waals surface area contributed by atoms with Crippen LogP contribution in [0.15, 0.2) is 24.3 Å². The van der Waals surface area contributed by atoms with Gasteiger partial charge in [-0.3, -0.25) is 4.79 Å². The summed E-state index contributed by atoms with van der Waals surface area (Å²) in [7, 11) is 1.64. The molecule has 1 atom stereocenters. The number of amides is 1. The van der Waals surface area contributed by atoms with Gasteiger partial charge in [0.1, 0.15) is 5.75 Å². The van der Waals surface area contributed by atoms with Crippen molar-refractivity contribution in [3.05, 3.63) is 24.3 Å². The number of para-hydroxylation sites is 2. The lowest BCUT2D eigenvalue weighted by molar-refractivity contribution is -0.134. The molecule has 1 unspecified atom stereocenters. The van der Waals surface area contributed by atoms with E-state index in [1.54, 1.807) is 19.2 Å². The summed E-state index contributed by atoms with van der Waals surface area (Å²) in [5.41, 5.74) is 6.38. The number of nitrogens with zero attached hydrogens (tertiary/aromatic N) is 1. The molecule has 5 heteroatoms. The van der Waals surface area contributed by atoms with E-state index in [0.717, 1.165) is 6.42 Å². The Kier molecular flexibility index (Phi) is 7.61. The quantitative estimate of drug-likeness (QED) is 0.710. The summed E-state index contributed by atoms with van der Waals surface area (Å²) in [6.07, 6.45) is 1.25. The van der Waals surface area contributed by atoms with Crippen LogP contribution in [-0.4, -0.2) is 43.7 Å². The molecule has 1 aromatic carbocycles. The minimum Gasteiger partial charge on any atom is -0.491 e. The second-order valence-corrected chi connectivity index (χ2v) is 4.97. The number of hydrogen-bond acceptors (Lipinski definition) is 4. The maximum Gasteiger partial charge on any atom is 0.226 e. The summed E-state index contributed by atoms with van der Waals surface area (Å²) in [5, 5.41) is 0. The smallest absolute Gasteiger partial charge is 0.226 e. The van der Waals surface area contributed by atoms with Crippen LogP contribution in [0.25, 0.3) is 0 Å². The van der Waals surface area contributed by atoms with Crippen LogP contribution in [0.5, 0.6) is 5.75 Å². The zero-order chi connectivity index (χ0) is 15.7. The third-order valence-corrected chi connectivity index (χ3v) is 3.47. The van der Waals surface area contributed by atoms with Crippen LogP contribution in [0.2, 0.25) is 0 Å². The van der Waals surface area contributed by atoms with Gasteiger partial charge in [0.15, 0.2) is 0 Å². The van der Waals surface area contributed by atoms with Gasteiger partial charge >= 0.3 is 0 Å². The standard InChI is InChI=1S/C16H26N2O3/c1-4-13(2)18(10-12-20-3)16(19)9-11-21-15-8-6-5-7-14(15)17/h5-8,13H,4,9-12,17H2,1-3H3. The molecule has 0 aliphatic heterocycles. The van der Waals surface area contributed by atoms with Crippen LogP contribution < -0.4 is 10.5 Å². The summed E-state index contributed by atoms with van der Waals surface area (Å²) < 4.78 is 10.6. The van der Waals surface area contributed by atoms with Gasteiger partial charge in [0, 0.05) is 19.7 Å². The lowest BCUT2D eigenvalue weighted by atomic mass is 10.2. The average Bonchev–Trinajstić information content (AvgIpc) is 2.49. The number of ether oxygens (including phenoxy) is 2. The van der Waals surface area contributed by atoms with Gasteiger partial charge < -0.3 is 20.1 Å². The Bertz CT molecular complexity index is 437. The highest BCUT2D eigenvalue weighted by molar-refractivity contribution is 5.76. The van der Waals surface area contributed by atoms with Crippen LogP contribution in [0.3, 0.4) is 0 Å². The van der Waals surface area contributed by atoms with Crippen molar-refractivity contribution >= 4 is 11.6 Å². The highest BCUT2D eigenvalue weighted by Gasteiger charge is 2.18. The number of carbonyl (C=O) groups is 1. The lowest BCUT2D eigenvalue weighted by Crippen LogP contribution is -2.41. The summed E-state index contributed by atoms with van der Waals surface area (Å²) in [6.45, 7) is 5.59. The normalized spacial score (nSPS) is 12.0. The average molecular weight is 294 g/mol. The zero-order valence-corrected chi connectivity index (χ0v) is 13.2. The number of hydrogen-bond donors (Lipinski definition) is 1. The molecule has 5 nitrogen and oxygen atoms in total. The van der Waals surface area contributed by atoms with E-state index in [-0.39, 0.29) is 11.9 Å². The minimum absolute atomic E-state index is 0.0795. The van der Waals surface area contributed by atoms with Crippen LogP contribution in [0.1, 0.15) is 26.7 Å². The van der Waals surface area contributed by atoms with Crippen molar-refractivity contribution < 1.29 is 14.3 Å². The van der Waals surface area contributed by atoms with Gasteiger partial charge in [0.25, 0.3) is 0 Å². The predicted octanol–water partition coefficient (Wildman–Crippen LogP) is 2.31. The molecular weight excluding hydrogens is 268 g/mol. The molecule has 0 aliphatic carbocycles. The monoisotopic (exact) mass is 294 g/mol. The topological polar surface area (TPSA) is 64.8 Å². The lowest BCUT2D eigenvalue weighted by Gasteiger charge is -2.28. The number of anilines is 1.